The molecule has 2 atom stereocenters. The molecule has 0 unspecified atom stereocenters. The maximum Gasteiger partial charge on any atom is 0.345 e. The Morgan fingerprint density at radius 2 is 1.39 bits per heavy atom. The quantitative estimate of drug-likeness (QED) is 0.221. The molecule has 14 heteroatoms. The third-order valence-corrected chi connectivity index (χ3v) is 7.37. The molecule has 31 heavy (non-hydrogen) atoms. The molecular formula is C17H16Cl6N3O4P. The highest BCUT2D eigenvalue weighted by molar-refractivity contribution is 7.58. The van der Waals surface area contributed by atoms with Crippen LogP contribution in [0.2, 0.25) is 30.1 Å². The van der Waals surface area contributed by atoms with Crippen molar-refractivity contribution in [3.05, 3.63) is 54.4 Å². The summed E-state index contributed by atoms with van der Waals surface area (Å²) in [5.41, 5.74) is 0.254. The van der Waals surface area contributed by atoms with Crippen molar-refractivity contribution >= 4 is 94.5 Å². The highest BCUT2D eigenvalue weighted by Gasteiger charge is 2.38. The number of anilines is 2. The monoisotopic (exact) mass is 567 g/mol. The Morgan fingerprint density at radius 3 is 1.81 bits per heavy atom. The lowest BCUT2D eigenvalue weighted by Crippen LogP contribution is -2.35. The molecule has 7 nitrogen and oxygen atoms in total. The molecule has 0 heterocycles. The number of hydrogen-bond acceptors (Lipinski definition) is 5. The lowest BCUT2D eigenvalue weighted by molar-refractivity contribution is 0.160. The average Bonchev–Trinajstić information content (AvgIpc) is 2.64. The molecule has 3 N–H and O–H groups in total. The fourth-order valence-electron chi connectivity index (χ4n) is 2.38. The molecule has 2 rings (SSSR count). The fraction of sp³-hybridized carbons (Fsp3) is 0.235. The lowest BCUT2D eigenvalue weighted by atomic mass is 10.3. The average molecular weight is 570 g/mol. The van der Waals surface area contributed by atoms with Gasteiger partial charge in [-0.3, -0.25) is 9.65 Å². The summed E-state index contributed by atoms with van der Waals surface area (Å²) in [6, 6.07) is 4.72. The summed E-state index contributed by atoms with van der Waals surface area (Å²) in [4.78, 5) is 12.6. The molecule has 0 aliphatic rings. The van der Waals surface area contributed by atoms with Gasteiger partial charge in [-0.1, -0.05) is 69.6 Å². The van der Waals surface area contributed by atoms with Crippen LogP contribution in [0.1, 0.15) is 6.92 Å². The van der Waals surface area contributed by atoms with Gasteiger partial charge >= 0.3 is 13.6 Å². The Labute approximate surface area is 209 Å². The second-order valence-corrected chi connectivity index (χ2v) is 10.4. The fourth-order valence-corrected chi connectivity index (χ4v) is 5.84. The van der Waals surface area contributed by atoms with Gasteiger partial charge in [0.15, 0.2) is 0 Å². The zero-order valence-corrected chi connectivity index (χ0v) is 21.4. The third-order valence-electron chi connectivity index (χ3n) is 3.63. The first-order valence-corrected chi connectivity index (χ1v) is 12.4. The predicted octanol–water partition coefficient (Wildman–Crippen LogP) is 8.00. The van der Waals surface area contributed by atoms with E-state index in [1.165, 1.54) is 31.4 Å². The Hall–Kier alpha value is -0.600. The van der Waals surface area contributed by atoms with Crippen molar-refractivity contribution in [1.29, 1.82) is 0 Å². The van der Waals surface area contributed by atoms with E-state index in [0.29, 0.717) is 5.02 Å². The van der Waals surface area contributed by atoms with Crippen molar-refractivity contribution in [2.24, 2.45) is 0 Å². The van der Waals surface area contributed by atoms with E-state index in [1.54, 1.807) is 6.92 Å². The molecule has 0 bridgehead atoms. The lowest BCUT2D eigenvalue weighted by Gasteiger charge is -2.28. The number of hydrogen-bond donors (Lipinski definition) is 3. The molecule has 170 valence electrons. The minimum absolute atomic E-state index is 0.0103. The molecule has 0 aromatic heterocycles. The Kier molecular flexibility index (Phi) is 9.89. The maximum atomic E-state index is 13.5. The summed E-state index contributed by atoms with van der Waals surface area (Å²) < 4.78 is 24.1. The van der Waals surface area contributed by atoms with Gasteiger partial charge in [-0.15, -0.1) is 0 Å². The second kappa shape index (κ2) is 11.5. The molecule has 0 radical (unpaired) electrons. The van der Waals surface area contributed by atoms with Gasteiger partial charge in [0, 0.05) is 17.2 Å². The normalized spacial score (nSPS) is 13.9. The van der Waals surface area contributed by atoms with Crippen LogP contribution in [0.25, 0.3) is 0 Å². The van der Waals surface area contributed by atoms with Crippen molar-refractivity contribution in [1.82, 2.24) is 5.09 Å². The number of urea groups is 1. The first kappa shape index (κ1) is 26.7. The van der Waals surface area contributed by atoms with Crippen LogP contribution in [0.3, 0.4) is 0 Å². The Balaban J connectivity index is 2.29. The van der Waals surface area contributed by atoms with Gasteiger partial charge in [0.05, 0.1) is 38.1 Å². The van der Waals surface area contributed by atoms with Gasteiger partial charge in [-0.2, -0.15) is 0 Å². The van der Waals surface area contributed by atoms with Crippen LogP contribution in [0, 0.1) is 0 Å². The van der Waals surface area contributed by atoms with Crippen molar-refractivity contribution in [3.8, 4) is 0 Å². The van der Waals surface area contributed by atoms with Gasteiger partial charge in [-0.25, -0.2) is 4.79 Å². The van der Waals surface area contributed by atoms with E-state index in [-0.39, 0.29) is 43.1 Å². The molecule has 0 aliphatic heterocycles. The van der Waals surface area contributed by atoms with Gasteiger partial charge < -0.3 is 19.9 Å². The number of carbonyl (C=O) groups excluding carboxylic acids is 1. The van der Waals surface area contributed by atoms with Crippen molar-refractivity contribution in [2.45, 2.75) is 12.9 Å². The Morgan fingerprint density at radius 1 is 0.935 bits per heavy atom. The third kappa shape index (κ3) is 6.94. The SMILES string of the molecule is CCO[P@@](=O)(NC(=O)Nc1c(Cl)cc(Cl)cc1Cl)[C@@H](Nc1c(Cl)cc(Cl)cc1Cl)OC. The topological polar surface area (TPSA) is 88.7 Å². The van der Waals surface area contributed by atoms with Crippen molar-refractivity contribution in [3.63, 3.8) is 0 Å². The molecule has 0 spiro atoms. The number of amides is 2. The number of halogens is 6. The van der Waals surface area contributed by atoms with Crippen LogP contribution in [0.4, 0.5) is 16.2 Å². The Bertz CT molecular complexity index is 979. The van der Waals surface area contributed by atoms with E-state index in [4.69, 9.17) is 78.9 Å². The number of methoxy groups -OCH3 is 1. The van der Waals surface area contributed by atoms with Gasteiger partial charge in [-0.05, 0) is 31.2 Å². The molecule has 0 aliphatic carbocycles. The zero-order chi connectivity index (χ0) is 23.3. The molecule has 2 aromatic carbocycles. The van der Waals surface area contributed by atoms with E-state index in [0.717, 1.165) is 0 Å². The number of benzene rings is 2. The highest BCUT2D eigenvalue weighted by atomic mass is 35.5. The minimum Gasteiger partial charge on any atom is -0.351 e. The summed E-state index contributed by atoms with van der Waals surface area (Å²) in [5.74, 6) is -1.36. The zero-order valence-electron chi connectivity index (χ0n) is 15.9. The second-order valence-electron chi connectivity index (χ2n) is 5.80. The van der Waals surface area contributed by atoms with Crippen LogP contribution in [0.5, 0.6) is 0 Å². The molecule has 2 aromatic rings. The number of ether oxygens (including phenoxy) is 1. The molecule has 2 amide bonds. The minimum atomic E-state index is -4.04. The summed E-state index contributed by atoms with van der Waals surface area (Å²) in [6.07, 6.45) is 0. The number of rotatable bonds is 8. The van der Waals surface area contributed by atoms with Crippen LogP contribution in [-0.2, 0) is 13.8 Å². The summed E-state index contributed by atoms with van der Waals surface area (Å²) in [5, 5.41) is 8.49. The summed E-state index contributed by atoms with van der Waals surface area (Å²) in [6.45, 7) is 1.58. The van der Waals surface area contributed by atoms with Crippen molar-refractivity contribution < 1.29 is 18.6 Å². The van der Waals surface area contributed by atoms with Gasteiger partial charge in [0.1, 0.15) is 0 Å². The van der Waals surface area contributed by atoms with E-state index in [9.17, 15) is 9.36 Å². The highest BCUT2D eigenvalue weighted by Crippen LogP contribution is 2.49. The summed E-state index contributed by atoms with van der Waals surface area (Å²) in [7, 11) is -2.78. The first-order valence-electron chi connectivity index (χ1n) is 8.42. The van der Waals surface area contributed by atoms with E-state index >= 15 is 0 Å². The number of nitrogens with one attached hydrogen (secondary N) is 3. The maximum absolute atomic E-state index is 13.5. The van der Waals surface area contributed by atoms with E-state index in [1.807, 2.05) is 0 Å². The van der Waals surface area contributed by atoms with Crippen LogP contribution in [0.15, 0.2) is 24.3 Å². The van der Waals surface area contributed by atoms with Gasteiger partial charge in [0.2, 0.25) is 5.97 Å². The van der Waals surface area contributed by atoms with Crippen LogP contribution < -0.4 is 15.7 Å². The standard InChI is InChI=1S/C17H16Cl6N3O4P/c1-3-30-31(28,17(29-2)25-15-12(22)6-9(19)7-13(15)23)26-16(27)24-14-10(20)4-8(18)5-11(14)21/h4-7,17,25H,3H2,1-2H3,(H2,24,26,27,28)/t17-,31+/m0/s1. The smallest absolute Gasteiger partial charge is 0.345 e. The molecule has 0 saturated carbocycles. The molecule has 0 saturated heterocycles. The van der Waals surface area contributed by atoms with E-state index < -0.39 is 19.5 Å². The largest absolute Gasteiger partial charge is 0.351 e. The summed E-state index contributed by atoms with van der Waals surface area (Å²) >= 11 is 36.2. The first-order chi connectivity index (χ1) is 14.5. The predicted molar refractivity (Wildman–Crippen MR) is 129 cm³/mol. The van der Waals surface area contributed by atoms with Crippen LogP contribution >= 0.6 is 77.1 Å². The van der Waals surface area contributed by atoms with Crippen LogP contribution in [-0.4, -0.2) is 25.7 Å². The number of carbonyl (C=O) groups is 1. The molecular weight excluding hydrogens is 554 g/mol. The van der Waals surface area contributed by atoms with Crippen molar-refractivity contribution in [2.75, 3.05) is 24.4 Å². The van der Waals surface area contributed by atoms with E-state index in [2.05, 4.69) is 15.7 Å². The molecule has 0 fully saturated rings. The van der Waals surface area contributed by atoms with Gasteiger partial charge in [0.25, 0.3) is 0 Å².